The monoisotopic (exact) mass is 413 g/mol. The third-order valence-corrected chi connectivity index (χ3v) is 5.58. The Balaban J connectivity index is 1.58. The standard InChI is InChI=1S/C22H27N3O5/c1-13(25-20(27)17-7-5-6-8-18(17)21(25)28)22(29)30-14(2)19(26)23-15-9-11-16(12-10-15)24(3)4/h5-6,9-14,17-18H,7-8H2,1-4H3,(H,23,26)/t13-,14+,17-,18+/m0/s1. The van der Waals surface area contributed by atoms with Crippen molar-refractivity contribution in [2.75, 3.05) is 24.3 Å². The van der Waals surface area contributed by atoms with E-state index in [2.05, 4.69) is 5.32 Å². The average molecular weight is 413 g/mol. The minimum Gasteiger partial charge on any atom is -0.451 e. The number of nitrogens with zero attached hydrogens (tertiary/aromatic N) is 2. The fourth-order valence-corrected chi connectivity index (χ4v) is 3.73. The van der Waals surface area contributed by atoms with Crippen LogP contribution in [-0.2, 0) is 23.9 Å². The van der Waals surface area contributed by atoms with Crippen LogP contribution in [0.5, 0.6) is 0 Å². The van der Waals surface area contributed by atoms with E-state index in [1.165, 1.54) is 13.8 Å². The Kier molecular flexibility index (Phi) is 6.24. The number of fused-ring (bicyclic) bond motifs is 1. The van der Waals surface area contributed by atoms with E-state index in [9.17, 15) is 19.2 Å². The topological polar surface area (TPSA) is 96.0 Å². The van der Waals surface area contributed by atoms with Gasteiger partial charge in [0.05, 0.1) is 11.8 Å². The fraction of sp³-hybridized carbons (Fsp3) is 0.455. The second kappa shape index (κ2) is 8.69. The van der Waals surface area contributed by atoms with Gasteiger partial charge in [0.15, 0.2) is 6.10 Å². The summed E-state index contributed by atoms with van der Waals surface area (Å²) in [5.41, 5.74) is 1.56. The molecule has 1 aliphatic heterocycles. The lowest BCUT2D eigenvalue weighted by Gasteiger charge is -2.23. The largest absolute Gasteiger partial charge is 0.451 e. The van der Waals surface area contributed by atoms with Crippen molar-refractivity contribution in [1.29, 1.82) is 0 Å². The Labute approximate surface area is 175 Å². The van der Waals surface area contributed by atoms with Crippen molar-refractivity contribution >= 4 is 35.1 Å². The molecule has 0 spiro atoms. The van der Waals surface area contributed by atoms with Crippen LogP contribution < -0.4 is 10.2 Å². The van der Waals surface area contributed by atoms with E-state index >= 15 is 0 Å². The number of amides is 3. The molecule has 1 saturated heterocycles. The van der Waals surface area contributed by atoms with Gasteiger partial charge in [0.2, 0.25) is 11.8 Å². The van der Waals surface area contributed by atoms with Gasteiger partial charge in [-0.15, -0.1) is 0 Å². The minimum atomic E-state index is -1.08. The number of allylic oxidation sites excluding steroid dienone is 2. The van der Waals surface area contributed by atoms with Crippen LogP contribution in [0.2, 0.25) is 0 Å². The number of ether oxygens (including phenoxy) is 1. The summed E-state index contributed by atoms with van der Waals surface area (Å²) in [7, 11) is 3.83. The van der Waals surface area contributed by atoms with E-state index in [-0.39, 0.29) is 11.8 Å². The summed E-state index contributed by atoms with van der Waals surface area (Å²) in [5, 5.41) is 2.69. The van der Waals surface area contributed by atoms with Crippen molar-refractivity contribution in [3.8, 4) is 0 Å². The van der Waals surface area contributed by atoms with Gasteiger partial charge in [-0.05, 0) is 51.0 Å². The van der Waals surface area contributed by atoms with Crippen LogP contribution in [0.25, 0.3) is 0 Å². The Morgan fingerprint density at radius 2 is 1.57 bits per heavy atom. The van der Waals surface area contributed by atoms with Crippen molar-refractivity contribution < 1.29 is 23.9 Å². The molecule has 160 valence electrons. The molecule has 0 aromatic heterocycles. The maximum absolute atomic E-state index is 12.6. The predicted molar refractivity (Wildman–Crippen MR) is 112 cm³/mol. The third kappa shape index (κ3) is 4.22. The molecule has 30 heavy (non-hydrogen) atoms. The van der Waals surface area contributed by atoms with Gasteiger partial charge in [0, 0.05) is 25.5 Å². The van der Waals surface area contributed by atoms with Gasteiger partial charge >= 0.3 is 5.97 Å². The minimum absolute atomic E-state index is 0.350. The van der Waals surface area contributed by atoms with Crippen molar-refractivity contribution in [3.63, 3.8) is 0 Å². The lowest BCUT2D eigenvalue weighted by atomic mass is 9.85. The smallest absolute Gasteiger partial charge is 0.329 e. The third-order valence-electron chi connectivity index (χ3n) is 5.58. The van der Waals surface area contributed by atoms with E-state index in [1.54, 1.807) is 12.1 Å². The van der Waals surface area contributed by atoms with Crippen LogP contribution >= 0.6 is 0 Å². The quantitative estimate of drug-likeness (QED) is 0.435. The summed E-state index contributed by atoms with van der Waals surface area (Å²) in [4.78, 5) is 53.1. The molecule has 3 rings (SSSR count). The van der Waals surface area contributed by atoms with Crippen molar-refractivity contribution in [1.82, 2.24) is 4.90 Å². The molecule has 8 nitrogen and oxygen atoms in total. The second-order valence-electron chi connectivity index (χ2n) is 7.89. The number of imide groups is 1. The zero-order chi connectivity index (χ0) is 22.0. The number of anilines is 2. The summed E-state index contributed by atoms with van der Waals surface area (Å²) in [6.45, 7) is 2.90. The molecular formula is C22H27N3O5. The summed E-state index contributed by atoms with van der Waals surface area (Å²) in [6.07, 6.45) is 3.69. The molecule has 1 aliphatic carbocycles. The van der Waals surface area contributed by atoms with Gasteiger partial charge in [-0.25, -0.2) is 4.79 Å². The highest BCUT2D eigenvalue weighted by Crippen LogP contribution is 2.36. The van der Waals surface area contributed by atoms with E-state index in [1.807, 2.05) is 43.3 Å². The van der Waals surface area contributed by atoms with Crippen molar-refractivity contribution in [2.45, 2.75) is 38.8 Å². The van der Waals surface area contributed by atoms with Gasteiger partial charge < -0.3 is 15.0 Å². The summed E-state index contributed by atoms with van der Waals surface area (Å²) >= 11 is 0. The Bertz CT molecular complexity index is 851. The van der Waals surface area contributed by atoms with Crippen LogP contribution in [0, 0.1) is 11.8 Å². The molecule has 8 heteroatoms. The lowest BCUT2D eigenvalue weighted by Crippen LogP contribution is -2.46. The van der Waals surface area contributed by atoms with Crippen LogP contribution in [0.15, 0.2) is 36.4 Å². The van der Waals surface area contributed by atoms with Gasteiger partial charge in [0.1, 0.15) is 6.04 Å². The van der Waals surface area contributed by atoms with E-state index in [0.29, 0.717) is 18.5 Å². The molecule has 0 saturated carbocycles. The first-order valence-corrected chi connectivity index (χ1v) is 10.0. The maximum Gasteiger partial charge on any atom is 0.329 e. The Hall–Kier alpha value is -3.16. The molecule has 1 fully saturated rings. The van der Waals surface area contributed by atoms with Crippen LogP contribution in [0.3, 0.4) is 0 Å². The highest BCUT2D eigenvalue weighted by molar-refractivity contribution is 6.08. The zero-order valence-electron chi connectivity index (χ0n) is 17.6. The molecule has 1 aromatic carbocycles. The number of nitrogens with one attached hydrogen (secondary N) is 1. The molecule has 2 aliphatic rings. The molecule has 4 atom stereocenters. The normalized spacial score (nSPS) is 22.3. The first-order chi connectivity index (χ1) is 14.2. The van der Waals surface area contributed by atoms with Gasteiger partial charge in [-0.3, -0.25) is 19.3 Å². The number of hydrogen-bond acceptors (Lipinski definition) is 6. The number of carbonyl (C=O) groups excluding carboxylic acids is 4. The first-order valence-electron chi connectivity index (χ1n) is 10.0. The summed E-state index contributed by atoms with van der Waals surface area (Å²) in [5.74, 6) is -2.81. The summed E-state index contributed by atoms with van der Waals surface area (Å²) in [6, 6.07) is 6.13. The lowest BCUT2D eigenvalue weighted by molar-refractivity contribution is -0.163. The molecule has 1 aromatic rings. The number of esters is 1. The predicted octanol–water partition coefficient (Wildman–Crippen LogP) is 1.96. The number of rotatable bonds is 6. The van der Waals surface area contributed by atoms with Crippen molar-refractivity contribution in [3.05, 3.63) is 36.4 Å². The molecular weight excluding hydrogens is 386 g/mol. The molecule has 0 unspecified atom stereocenters. The van der Waals surface area contributed by atoms with Gasteiger partial charge in [-0.1, -0.05) is 12.2 Å². The van der Waals surface area contributed by atoms with E-state index in [4.69, 9.17) is 4.74 Å². The highest BCUT2D eigenvalue weighted by Gasteiger charge is 2.50. The number of hydrogen-bond donors (Lipinski definition) is 1. The van der Waals surface area contributed by atoms with Gasteiger partial charge in [-0.2, -0.15) is 0 Å². The van der Waals surface area contributed by atoms with Crippen LogP contribution in [0.1, 0.15) is 26.7 Å². The second-order valence-corrected chi connectivity index (χ2v) is 7.89. The molecule has 0 bridgehead atoms. The molecule has 1 heterocycles. The number of likely N-dealkylation sites (tertiary alicyclic amines) is 1. The molecule has 3 amide bonds. The zero-order valence-corrected chi connectivity index (χ0v) is 17.6. The van der Waals surface area contributed by atoms with E-state index in [0.717, 1.165) is 10.6 Å². The van der Waals surface area contributed by atoms with Crippen molar-refractivity contribution in [2.24, 2.45) is 11.8 Å². The van der Waals surface area contributed by atoms with Crippen LogP contribution in [-0.4, -0.2) is 54.8 Å². The van der Waals surface area contributed by atoms with E-state index < -0.39 is 35.9 Å². The van der Waals surface area contributed by atoms with Crippen LogP contribution in [0.4, 0.5) is 11.4 Å². The Morgan fingerprint density at radius 1 is 1.03 bits per heavy atom. The summed E-state index contributed by atoms with van der Waals surface area (Å²) < 4.78 is 5.25. The molecule has 0 radical (unpaired) electrons. The fourth-order valence-electron chi connectivity index (χ4n) is 3.73. The average Bonchev–Trinajstić information content (AvgIpc) is 2.98. The van der Waals surface area contributed by atoms with Gasteiger partial charge in [0.25, 0.3) is 5.91 Å². The number of benzene rings is 1. The number of carbonyl (C=O) groups is 4. The SMILES string of the molecule is C[C@@H](OC(=O)[C@H](C)N1C(=O)[C@H]2CC=CC[C@H]2C1=O)C(=O)Nc1ccc(N(C)C)cc1. The highest BCUT2D eigenvalue weighted by atomic mass is 16.5. The maximum atomic E-state index is 12.6. The Morgan fingerprint density at radius 3 is 2.07 bits per heavy atom. The molecule has 1 N–H and O–H groups in total. The first kappa shape index (κ1) is 21.5.